The molecule has 0 fully saturated rings. The van der Waals surface area contributed by atoms with Crippen molar-refractivity contribution in [1.29, 1.82) is 0 Å². The second kappa shape index (κ2) is 9.22. The predicted octanol–water partition coefficient (Wildman–Crippen LogP) is 9.45. The van der Waals surface area contributed by atoms with Crippen LogP contribution in [0.3, 0.4) is 0 Å². The summed E-state index contributed by atoms with van der Waals surface area (Å²) >= 11 is 1.88. The lowest BCUT2D eigenvalue weighted by molar-refractivity contribution is 0.877. The summed E-state index contributed by atoms with van der Waals surface area (Å²) in [7, 11) is 0. The average molecular weight is 532 g/mol. The van der Waals surface area contributed by atoms with Crippen LogP contribution in [0.5, 0.6) is 0 Å². The van der Waals surface area contributed by atoms with Crippen LogP contribution >= 0.6 is 11.8 Å². The largest absolute Gasteiger partial charge is 0.227 e. The molecule has 0 bridgehead atoms. The molecule has 0 spiro atoms. The van der Waals surface area contributed by atoms with Crippen LogP contribution in [0.15, 0.2) is 115 Å². The highest BCUT2D eigenvalue weighted by molar-refractivity contribution is 8.08. The molecule has 7 aromatic rings. The number of pyridine rings is 1. The molecule has 8 rings (SSSR count). The van der Waals surface area contributed by atoms with Gasteiger partial charge < -0.3 is 0 Å². The lowest BCUT2D eigenvalue weighted by atomic mass is 9.91. The molecular formula is C36H25N3S. The minimum Gasteiger partial charge on any atom is -0.227 e. The maximum absolute atomic E-state index is 5.39. The summed E-state index contributed by atoms with van der Waals surface area (Å²) < 4.78 is 2.01. The third-order valence-electron chi connectivity index (χ3n) is 7.87. The number of fused-ring (bicyclic) bond motifs is 4. The van der Waals surface area contributed by atoms with Crippen LogP contribution in [0.25, 0.3) is 60.4 Å². The number of rotatable bonds is 3. The number of thioether (sulfide) groups is 1. The molecule has 1 aliphatic rings. The molecule has 5 aromatic carbocycles. The maximum Gasteiger partial charge on any atom is 0.164 e. The molecule has 0 amide bonds. The van der Waals surface area contributed by atoms with Crippen molar-refractivity contribution in [2.24, 2.45) is 0 Å². The Bertz CT molecular complexity index is 2110. The third-order valence-corrected chi connectivity index (χ3v) is 8.92. The Morgan fingerprint density at radius 1 is 0.725 bits per heavy atom. The number of hydrogen-bond donors (Lipinski definition) is 0. The van der Waals surface area contributed by atoms with Crippen molar-refractivity contribution in [3.8, 4) is 16.8 Å². The smallest absolute Gasteiger partial charge is 0.164 e. The van der Waals surface area contributed by atoms with Gasteiger partial charge in [-0.15, -0.1) is 11.8 Å². The Labute approximate surface area is 236 Å². The van der Waals surface area contributed by atoms with Gasteiger partial charge in [0, 0.05) is 16.2 Å². The summed E-state index contributed by atoms with van der Waals surface area (Å²) in [6, 6.07) is 40.7. The summed E-state index contributed by atoms with van der Waals surface area (Å²) in [6.45, 7) is 2.11. The number of nitrogens with zero attached hydrogens (tertiary/aromatic N) is 3. The van der Waals surface area contributed by atoms with E-state index in [0.29, 0.717) is 0 Å². The first-order valence-electron chi connectivity index (χ1n) is 13.5. The zero-order valence-electron chi connectivity index (χ0n) is 22.0. The molecule has 0 atom stereocenters. The third kappa shape index (κ3) is 3.60. The van der Waals surface area contributed by atoms with Crippen molar-refractivity contribution in [2.75, 3.05) is 0 Å². The fourth-order valence-corrected chi connectivity index (χ4v) is 7.13. The molecule has 4 heteroatoms. The van der Waals surface area contributed by atoms with Gasteiger partial charge in [0.15, 0.2) is 5.65 Å². The SMILES string of the molecule is Cc1nn(-c2ccccc2)c2nc3c(c(-c4cccc5ccccc45)c12)CS/C3=C\c1cccc2ccccc12. The number of aromatic nitrogens is 3. The highest BCUT2D eigenvalue weighted by Gasteiger charge is 2.29. The van der Waals surface area contributed by atoms with Crippen LogP contribution in [-0.4, -0.2) is 14.8 Å². The van der Waals surface area contributed by atoms with Crippen molar-refractivity contribution in [3.63, 3.8) is 0 Å². The van der Waals surface area contributed by atoms with E-state index >= 15 is 0 Å². The van der Waals surface area contributed by atoms with Crippen LogP contribution in [-0.2, 0) is 5.75 Å². The molecule has 2 aromatic heterocycles. The Morgan fingerprint density at radius 3 is 2.23 bits per heavy atom. The molecule has 0 saturated carbocycles. The summed E-state index contributed by atoms with van der Waals surface area (Å²) in [5, 5.41) is 11.2. The van der Waals surface area contributed by atoms with Crippen molar-refractivity contribution in [1.82, 2.24) is 14.8 Å². The molecular weight excluding hydrogens is 506 g/mol. The van der Waals surface area contributed by atoms with Gasteiger partial charge in [-0.3, -0.25) is 0 Å². The van der Waals surface area contributed by atoms with Crippen molar-refractivity contribution < 1.29 is 0 Å². The minimum atomic E-state index is 0.878. The van der Waals surface area contributed by atoms with Gasteiger partial charge in [-0.2, -0.15) is 5.10 Å². The van der Waals surface area contributed by atoms with E-state index in [4.69, 9.17) is 10.1 Å². The highest BCUT2D eigenvalue weighted by atomic mass is 32.2. The zero-order chi connectivity index (χ0) is 26.6. The van der Waals surface area contributed by atoms with Crippen LogP contribution in [0, 0.1) is 6.92 Å². The second-order valence-electron chi connectivity index (χ2n) is 10.2. The maximum atomic E-state index is 5.39. The molecule has 190 valence electrons. The van der Waals surface area contributed by atoms with E-state index in [1.54, 1.807) is 0 Å². The van der Waals surface area contributed by atoms with Crippen molar-refractivity contribution in [3.05, 3.63) is 138 Å². The van der Waals surface area contributed by atoms with Gasteiger partial charge in [0.05, 0.1) is 22.5 Å². The number of hydrogen-bond acceptors (Lipinski definition) is 3. The molecule has 0 aliphatic carbocycles. The van der Waals surface area contributed by atoms with E-state index in [1.165, 1.54) is 48.7 Å². The summed E-state index contributed by atoms with van der Waals surface area (Å²) in [5.74, 6) is 0.878. The standard InChI is InChI=1S/C36H25N3S/c1-23-33-34(30-20-10-14-25-12-6-8-19-29(25)30)31-22-40-32(21-26-15-9-13-24-11-5-7-18-28(24)26)35(31)37-36(33)39(38-23)27-16-3-2-4-17-27/h2-21H,22H2,1H3/b32-21-. The normalized spacial score (nSPS) is 14.0. The molecule has 1 aliphatic heterocycles. The Balaban J connectivity index is 1.46. The first-order chi connectivity index (χ1) is 19.8. The highest BCUT2D eigenvalue weighted by Crippen LogP contribution is 2.49. The number of aryl methyl sites for hydroxylation is 1. The van der Waals surface area contributed by atoms with E-state index in [1.807, 2.05) is 22.5 Å². The van der Waals surface area contributed by atoms with Crippen LogP contribution in [0.1, 0.15) is 22.5 Å². The molecule has 40 heavy (non-hydrogen) atoms. The summed E-state index contributed by atoms with van der Waals surface area (Å²) in [6.07, 6.45) is 2.32. The molecule has 3 nitrogen and oxygen atoms in total. The second-order valence-corrected chi connectivity index (χ2v) is 11.3. The van der Waals surface area contributed by atoms with Crippen molar-refractivity contribution in [2.45, 2.75) is 12.7 Å². The molecule has 0 N–H and O–H groups in total. The first-order valence-corrected chi connectivity index (χ1v) is 14.5. The topological polar surface area (TPSA) is 30.7 Å². The van der Waals surface area contributed by atoms with Gasteiger partial charge in [0.25, 0.3) is 0 Å². The first kappa shape index (κ1) is 23.2. The van der Waals surface area contributed by atoms with Crippen LogP contribution in [0.2, 0.25) is 0 Å². The number of benzene rings is 5. The molecule has 0 saturated heterocycles. The number of para-hydroxylation sites is 1. The summed E-state index contributed by atoms with van der Waals surface area (Å²) in [5.41, 5.74) is 8.97. The van der Waals surface area contributed by atoms with Gasteiger partial charge in [0.2, 0.25) is 0 Å². The summed E-state index contributed by atoms with van der Waals surface area (Å²) in [4.78, 5) is 6.59. The van der Waals surface area contributed by atoms with E-state index in [-0.39, 0.29) is 0 Å². The van der Waals surface area contributed by atoms with Crippen molar-refractivity contribution >= 4 is 55.3 Å². The molecule has 3 heterocycles. The van der Waals surface area contributed by atoms with Crippen LogP contribution in [0.4, 0.5) is 0 Å². The van der Waals surface area contributed by atoms with Gasteiger partial charge in [-0.05, 0) is 63.4 Å². The minimum absolute atomic E-state index is 0.878. The fourth-order valence-electron chi connectivity index (χ4n) is 6.03. The quantitative estimate of drug-likeness (QED) is 0.227. The van der Waals surface area contributed by atoms with Gasteiger partial charge in [-0.1, -0.05) is 103 Å². The van der Waals surface area contributed by atoms with Gasteiger partial charge >= 0.3 is 0 Å². The van der Waals surface area contributed by atoms with E-state index in [0.717, 1.165) is 33.9 Å². The zero-order valence-corrected chi connectivity index (χ0v) is 22.8. The van der Waals surface area contributed by atoms with E-state index in [2.05, 4.69) is 122 Å². The monoisotopic (exact) mass is 531 g/mol. The molecule has 0 unspecified atom stereocenters. The Morgan fingerprint density at radius 2 is 1.40 bits per heavy atom. The average Bonchev–Trinajstić information content (AvgIpc) is 3.57. The Kier molecular flexibility index (Phi) is 5.35. The van der Waals surface area contributed by atoms with Crippen LogP contribution < -0.4 is 0 Å². The van der Waals surface area contributed by atoms with Gasteiger partial charge in [-0.25, -0.2) is 9.67 Å². The Hall–Kier alpha value is -4.67. The van der Waals surface area contributed by atoms with E-state index < -0.39 is 0 Å². The molecule has 0 radical (unpaired) electrons. The lowest BCUT2D eigenvalue weighted by Crippen LogP contribution is -2.01. The fraction of sp³-hybridized carbons (Fsp3) is 0.0556. The predicted molar refractivity (Wildman–Crippen MR) is 170 cm³/mol. The van der Waals surface area contributed by atoms with Gasteiger partial charge in [0.1, 0.15) is 0 Å². The lowest BCUT2D eigenvalue weighted by Gasteiger charge is -2.14. The van der Waals surface area contributed by atoms with E-state index in [9.17, 15) is 0 Å².